The van der Waals surface area contributed by atoms with E-state index in [4.69, 9.17) is 18.4 Å². The molecule has 0 aromatic rings. The number of esters is 3. The number of allylic oxidation sites excluding steroid dienone is 4. The molecule has 400 valence electrons. The number of rotatable bonds is 53. The van der Waals surface area contributed by atoms with Crippen LogP contribution >= 0.6 is 0 Å². The maximum absolute atomic E-state index is 12.8. The van der Waals surface area contributed by atoms with Crippen molar-refractivity contribution in [1.82, 2.24) is 0 Å². The third-order valence-corrected chi connectivity index (χ3v) is 13.2. The molecule has 0 heterocycles. The van der Waals surface area contributed by atoms with E-state index in [1.807, 2.05) is 0 Å². The molecule has 0 aromatic carbocycles. The maximum atomic E-state index is 12.8. The normalized spacial score (nSPS) is 12.6. The van der Waals surface area contributed by atoms with Crippen molar-refractivity contribution in [2.24, 2.45) is 0 Å². The molecular weight excluding hydrogens is 900 g/mol. The van der Waals surface area contributed by atoms with Gasteiger partial charge in [-0.1, -0.05) is 218 Å². The van der Waals surface area contributed by atoms with E-state index < -0.39 is 22.6 Å². The fourth-order valence-corrected chi connectivity index (χ4v) is 8.99. The summed E-state index contributed by atoms with van der Waals surface area (Å²) in [4.78, 5) is 38.2. The molecule has 0 aliphatic rings. The molecule has 0 bridgehead atoms. The second-order valence-electron chi connectivity index (χ2n) is 19.5. The number of carbonyl (C=O) groups excluding carboxylic acids is 3. The van der Waals surface area contributed by atoms with Crippen LogP contribution in [-0.4, -0.2) is 56.3 Å². The summed E-state index contributed by atoms with van der Waals surface area (Å²) in [6, 6.07) is 0. The van der Waals surface area contributed by atoms with E-state index in [-0.39, 0.29) is 73.5 Å². The van der Waals surface area contributed by atoms with Gasteiger partial charge < -0.3 is 18.8 Å². The molecule has 0 aliphatic heterocycles. The van der Waals surface area contributed by atoms with Gasteiger partial charge in [-0.3, -0.25) is 18.6 Å². The Morgan fingerprint density at radius 1 is 0.391 bits per heavy atom. The standard InChI is InChI=1S/C57H106O10S.Na/c1-4-7-10-13-16-18-20-22-24-26-28-30-32-38-43-48-55(58)64-51-54(66-57(60)50-45-40-33-31-29-27-25-23-21-19-17-14-11-8-5-2)52-65-56(59)49-44-39-35-34-37-42-47-53(67-68(61,62)63)46-41-36-15-12-9-6-3;/h22-25,53-54H,4-21,26-52H2,1-3H3,(H,61,62,63);/q;+1/p-1/b24-22-,25-23-;. The van der Waals surface area contributed by atoms with E-state index in [1.54, 1.807) is 0 Å². The monoisotopic (exact) mass is 1000 g/mol. The van der Waals surface area contributed by atoms with Crippen molar-refractivity contribution >= 4 is 28.3 Å². The molecular formula is C57H105NaO10S. The Balaban J connectivity index is 0. The maximum Gasteiger partial charge on any atom is 1.00 e. The number of hydrogen-bond acceptors (Lipinski definition) is 10. The summed E-state index contributed by atoms with van der Waals surface area (Å²) in [5.41, 5.74) is 0. The predicted molar refractivity (Wildman–Crippen MR) is 280 cm³/mol. The zero-order valence-electron chi connectivity index (χ0n) is 45.3. The van der Waals surface area contributed by atoms with Gasteiger partial charge in [0.05, 0.1) is 6.10 Å². The second kappa shape index (κ2) is 54.5. The Hall–Kier alpha value is -1.24. The largest absolute Gasteiger partial charge is 1.00 e. The summed E-state index contributed by atoms with van der Waals surface area (Å²) in [5, 5.41) is 0. The summed E-state index contributed by atoms with van der Waals surface area (Å²) >= 11 is 0. The van der Waals surface area contributed by atoms with Gasteiger partial charge in [-0.2, -0.15) is 0 Å². The van der Waals surface area contributed by atoms with Crippen molar-refractivity contribution in [3.8, 4) is 0 Å². The van der Waals surface area contributed by atoms with E-state index in [2.05, 4.69) is 45.1 Å². The Morgan fingerprint density at radius 2 is 0.667 bits per heavy atom. The quantitative estimate of drug-likeness (QED) is 0.0110. The van der Waals surface area contributed by atoms with E-state index in [1.165, 1.54) is 116 Å². The van der Waals surface area contributed by atoms with Gasteiger partial charge in [0.2, 0.25) is 10.4 Å². The first kappa shape index (κ1) is 69.8. The van der Waals surface area contributed by atoms with Crippen LogP contribution in [0.3, 0.4) is 0 Å². The third-order valence-electron chi connectivity index (χ3n) is 12.7. The third kappa shape index (κ3) is 55.9. The van der Waals surface area contributed by atoms with Crippen molar-refractivity contribution in [3.05, 3.63) is 24.3 Å². The number of carbonyl (C=O) groups is 3. The molecule has 2 atom stereocenters. The van der Waals surface area contributed by atoms with Crippen molar-refractivity contribution < 1.29 is 75.3 Å². The molecule has 0 aliphatic carbocycles. The fourth-order valence-electron chi connectivity index (χ4n) is 8.47. The topological polar surface area (TPSA) is 145 Å². The van der Waals surface area contributed by atoms with Gasteiger partial charge in [-0.15, -0.1) is 0 Å². The molecule has 0 saturated heterocycles. The predicted octanol–water partition coefficient (Wildman–Crippen LogP) is 13.8. The summed E-state index contributed by atoms with van der Waals surface area (Å²) in [5.74, 6) is -1.08. The summed E-state index contributed by atoms with van der Waals surface area (Å²) in [7, 11) is -4.73. The summed E-state index contributed by atoms with van der Waals surface area (Å²) in [6.45, 7) is 6.38. The van der Waals surface area contributed by atoms with Gasteiger partial charge in [0.25, 0.3) is 0 Å². The Labute approximate surface area is 447 Å². The molecule has 0 spiro atoms. The zero-order chi connectivity index (χ0) is 49.9. The van der Waals surface area contributed by atoms with Gasteiger partial charge in [-0.05, 0) is 83.5 Å². The molecule has 12 heteroatoms. The summed E-state index contributed by atoms with van der Waals surface area (Å²) in [6.07, 6.45) is 52.0. The van der Waals surface area contributed by atoms with Crippen molar-refractivity contribution in [2.75, 3.05) is 13.2 Å². The van der Waals surface area contributed by atoms with E-state index in [0.29, 0.717) is 25.7 Å². The van der Waals surface area contributed by atoms with Gasteiger partial charge in [-0.25, -0.2) is 8.42 Å². The first-order valence-electron chi connectivity index (χ1n) is 28.6. The number of ether oxygens (including phenoxy) is 3. The van der Waals surface area contributed by atoms with Crippen LogP contribution in [0.2, 0.25) is 0 Å². The van der Waals surface area contributed by atoms with Crippen LogP contribution in [0.5, 0.6) is 0 Å². The molecule has 0 saturated carbocycles. The minimum atomic E-state index is -4.73. The van der Waals surface area contributed by atoms with E-state index >= 15 is 0 Å². The van der Waals surface area contributed by atoms with E-state index in [0.717, 1.165) is 122 Å². The Bertz CT molecular complexity index is 1310. The smallest absolute Gasteiger partial charge is 0.726 e. The Morgan fingerprint density at radius 3 is 0.986 bits per heavy atom. The molecule has 0 aromatic heterocycles. The minimum absolute atomic E-state index is 0. The molecule has 69 heavy (non-hydrogen) atoms. The van der Waals surface area contributed by atoms with Crippen LogP contribution in [0, 0.1) is 0 Å². The molecule has 0 N–H and O–H groups in total. The molecule has 0 fully saturated rings. The summed E-state index contributed by atoms with van der Waals surface area (Å²) < 4.78 is 55.4. The molecule has 0 rings (SSSR count). The zero-order valence-corrected chi connectivity index (χ0v) is 48.1. The van der Waals surface area contributed by atoms with Crippen LogP contribution in [-0.2, 0) is 43.2 Å². The number of unbranched alkanes of at least 4 members (excludes halogenated alkanes) is 32. The molecule has 0 amide bonds. The van der Waals surface area contributed by atoms with Crippen LogP contribution in [0.25, 0.3) is 0 Å². The average Bonchev–Trinajstić information content (AvgIpc) is 3.31. The first-order valence-corrected chi connectivity index (χ1v) is 29.9. The van der Waals surface area contributed by atoms with Gasteiger partial charge in [0, 0.05) is 19.3 Å². The molecule has 0 radical (unpaired) electrons. The average molecular weight is 1010 g/mol. The van der Waals surface area contributed by atoms with Crippen LogP contribution in [0.1, 0.15) is 297 Å². The van der Waals surface area contributed by atoms with Crippen LogP contribution < -0.4 is 29.6 Å². The Kier molecular flexibility index (Phi) is 55.2. The van der Waals surface area contributed by atoms with Gasteiger partial charge >= 0.3 is 47.5 Å². The van der Waals surface area contributed by atoms with Gasteiger partial charge in [0.15, 0.2) is 6.10 Å². The van der Waals surface area contributed by atoms with E-state index in [9.17, 15) is 27.4 Å². The second-order valence-corrected chi connectivity index (χ2v) is 20.5. The van der Waals surface area contributed by atoms with Crippen LogP contribution in [0.4, 0.5) is 0 Å². The fraction of sp³-hybridized carbons (Fsp3) is 0.877. The van der Waals surface area contributed by atoms with Crippen LogP contribution in [0.15, 0.2) is 24.3 Å². The van der Waals surface area contributed by atoms with Crippen molar-refractivity contribution in [1.29, 1.82) is 0 Å². The van der Waals surface area contributed by atoms with Gasteiger partial charge in [0.1, 0.15) is 13.2 Å². The first-order chi connectivity index (χ1) is 33.1. The van der Waals surface area contributed by atoms with Crippen molar-refractivity contribution in [3.63, 3.8) is 0 Å². The molecule has 10 nitrogen and oxygen atoms in total. The van der Waals surface area contributed by atoms with Crippen molar-refractivity contribution in [2.45, 2.75) is 309 Å². The SMILES string of the molecule is CCCCCCCC/C=C\CCCCCCCC(=O)OCC(COC(=O)CCCCCCCCC(CCCCCCCC)OS(=O)(=O)[O-])OC(=O)CCCCCCC/C=C\CCCCCCCC.[Na+]. The minimum Gasteiger partial charge on any atom is -0.726 e. The number of hydrogen-bond donors (Lipinski definition) is 0. The molecule has 2 unspecified atom stereocenters.